The van der Waals surface area contributed by atoms with Gasteiger partial charge in [0.2, 0.25) is 5.91 Å². The zero-order chi connectivity index (χ0) is 19.0. The molecule has 3 unspecified atom stereocenters. The fourth-order valence-electron chi connectivity index (χ4n) is 4.51. The number of rotatable bonds is 4. The van der Waals surface area contributed by atoms with E-state index in [4.69, 9.17) is 0 Å². The number of amides is 2. The fraction of sp³-hybridized carbons (Fsp3) is 0.550. The van der Waals surface area contributed by atoms with E-state index in [-0.39, 0.29) is 30.4 Å². The summed E-state index contributed by atoms with van der Waals surface area (Å²) in [5.41, 5.74) is 4.89. The van der Waals surface area contributed by atoms with Crippen LogP contribution >= 0.6 is 0 Å². The number of aryl methyl sites for hydroxylation is 1. The Labute approximate surface area is 159 Å². The van der Waals surface area contributed by atoms with Crippen LogP contribution in [0.2, 0.25) is 0 Å². The number of amidine groups is 1. The molecule has 2 heterocycles. The molecular weight excluding hydrogens is 342 g/mol. The van der Waals surface area contributed by atoms with E-state index in [9.17, 15) is 9.59 Å². The number of nitrogens with zero attached hydrogens (tertiary/aromatic N) is 3. The molecule has 1 aliphatic carbocycles. The Kier molecular flexibility index (Phi) is 4.76. The van der Waals surface area contributed by atoms with E-state index in [2.05, 4.69) is 27.7 Å². The van der Waals surface area contributed by atoms with Crippen LogP contribution in [0.5, 0.6) is 0 Å². The normalized spacial score (nSPS) is 26.8. The van der Waals surface area contributed by atoms with Gasteiger partial charge in [0, 0.05) is 12.1 Å². The van der Waals surface area contributed by atoms with Gasteiger partial charge in [-0.25, -0.2) is 0 Å². The molecule has 4 rings (SSSR count). The van der Waals surface area contributed by atoms with Crippen LogP contribution < -0.4 is 10.7 Å². The Morgan fingerprint density at radius 1 is 1.22 bits per heavy atom. The zero-order valence-corrected chi connectivity index (χ0v) is 15.9. The molecule has 2 fully saturated rings. The Hall–Kier alpha value is -2.57. The monoisotopic (exact) mass is 369 g/mol. The Morgan fingerprint density at radius 3 is 2.63 bits per heavy atom. The quantitative estimate of drug-likeness (QED) is 0.852. The Bertz CT molecular complexity index is 760. The molecule has 1 saturated heterocycles. The number of hydrogen-bond acceptors (Lipinski definition) is 5. The average molecular weight is 369 g/mol. The van der Waals surface area contributed by atoms with Crippen LogP contribution in [-0.2, 0) is 9.59 Å². The minimum absolute atomic E-state index is 0.0515. The second-order valence-electron chi connectivity index (χ2n) is 7.62. The van der Waals surface area contributed by atoms with Gasteiger partial charge in [0.1, 0.15) is 12.4 Å². The van der Waals surface area contributed by atoms with Crippen molar-refractivity contribution >= 4 is 23.3 Å². The molecule has 0 aromatic heterocycles. The lowest BCUT2D eigenvalue weighted by atomic mass is 9.85. The molecule has 144 valence electrons. The lowest BCUT2D eigenvalue weighted by Crippen LogP contribution is -2.69. The highest BCUT2D eigenvalue weighted by atomic mass is 16.2. The van der Waals surface area contributed by atoms with Crippen LogP contribution in [0.15, 0.2) is 29.4 Å². The van der Waals surface area contributed by atoms with Gasteiger partial charge in [-0.1, -0.05) is 37.5 Å². The van der Waals surface area contributed by atoms with Crippen molar-refractivity contribution in [2.75, 3.05) is 11.9 Å². The molecule has 1 saturated carbocycles. The van der Waals surface area contributed by atoms with Crippen molar-refractivity contribution in [1.29, 1.82) is 0 Å². The predicted octanol–water partition coefficient (Wildman–Crippen LogP) is 2.04. The summed E-state index contributed by atoms with van der Waals surface area (Å²) in [5.74, 6) is 0.748. The van der Waals surface area contributed by atoms with E-state index in [0.717, 1.165) is 49.2 Å². The van der Waals surface area contributed by atoms with Gasteiger partial charge in [-0.05, 0) is 31.9 Å². The van der Waals surface area contributed by atoms with Crippen molar-refractivity contribution in [3.05, 3.63) is 29.8 Å². The van der Waals surface area contributed by atoms with E-state index < -0.39 is 6.17 Å². The van der Waals surface area contributed by atoms with Gasteiger partial charge in [0.05, 0.1) is 12.1 Å². The highest BCUT2D eigenvalue weighted by Gasteiger charge is 2.50. The van der Waals surface area contributed by atoms with Crippen LogP contribution in [0, 0.1) is 6.92 Å². The maximum Gasteiger partial charge on any atom is 0.268 e. The summed E-state index contributed by atoms with van der Waals surface area (Å²) in [5, 5.41) is 7.29. The molecule has 0 spiro atoms. The first kappa shape index (κ1) is 17.8. The van der Waals surface area contributed by atoms with E-state index in [1.807, 2.05) is 31.2 Å². The number of hydrazone groups is 1. The van der Waals surface area contributed by atoms with Gasteiger partial charge in [-0.3, -0.25) is 15.0 Å². The van der Waals surface area contributed by atoms with Crippen LogP contribution in [0.25, 0.3) is 0 Å². The molecule has 1 aromatic carbocycles. The predicted molar refractivity (Wildman–Crippen MR) is 104 cm³/mol. The SMILES string of the molecule is CCC1=NNC2C(=O)N(CC(=O)Nc3ccc(C)cc3)C3CCCCC3N12. The van der Waals surface area contributed by atoms with Gasteiger partial charge in [0.25, 0.3) is 5.91 Å². The van der Waals surface area contributed by atoms with Crippen LogP contribution in [0.3, 0.4) is 0 Å². The standard InChI is InChI=1S/C20H27N5O2/c1-3-17-22-23-19-20(27)24(15-6-4-5-7-16(15)25(17)19)12-18(26)21-14-10-8-13(2)9-11-14/h8-11,15-16,19,23H,3-7,12H2,1-2H3,(H,21,26). The number of piperazine rings is 1. The van der Waals surface area contributed by atoms with Crippen LogP contribution in [-0.4, -0.2) is 52.2 Å². The summed E-state index contributed by atoms with van der Waals surface area (Å²) in [6.45, 7) is 4.15. The topological polar surface area (TPSA) is 77.0 Å². The summed E-state index contributed by atoms with van der Waals surface area (Å²) >= 11 is 0. The highest BCUT2D eigenvalue weighted by Crippen LogP contribution is 2.34. The van der Waals surface area contributed by atoms with Crippen LogP contribution in [0.1, 0.15) is 44.6 Å². The molecule has 2 aliphatic heterocycles. The first-order valence-corrected chi connectivity index (χ1v) is 9.86. The molecule has 1 aromatic rings. The Balaban J connectivity index is 1.51. The molecule has 7 heteroatoms. The minimum atomic E-state index is -0.466. The van der Waals surface area contributed by atoms with Crippen molar-refractivity contribution in [2.24, 2.45) is 5.10 Å². The van der Waals surface area contributed by atoms with Gasteiger partial charge < -0.3 is 15.1 Å². The number of carbonyl (C=O) groups is 2. The summed E-state index contributed by atoms with van der Waals surface area (Å²) in [6, 6.07) is 8.00. The van der Waals surface area contributed by atoms with Gasteiger partial charge in [-0.15, -0.1) is 0 Å². The maximum absolute atomic E-state index is 13.1. The lowest BCUT2D eigenvalue weighted by Gasteiger charge is -2.51. The molecule has 3 atom stereocenters. The third kappa shape index (κ3) is 3.26. The minimum Gasteiger partial charge on any atom is -0.325 e. The van der Waals surface area contributed by atoms with Gasteiger partial charge in [0.15, 0.2) is 6.17 Å². The first-order valence-electron chi connectivity index (χ1n) is 9.86. The maximum atomic E-state index is 13.1. The van der Waals surface area contributed by atoms with Crippen molar-refractivity contribution in [1.82, 2.24) is 15.2 Å². The lowest BCUT2D eigenvalue weighted by molar-refractivity contribution is -0.151. The second-order valence-corrected chi connectivity index (χ2v) is 7.62. The number of fused-ring (bicyclic) bond motifs is 3. The van der Waals surface area contributed by atoms with Crippen molar-refractivity contribution in [2.45, 2.75) is 64.2 Å². The smallest absolute Gasteiger partial charge is 0.268 e. The number of carbonyl (C=O) groups excluding carboxylic acids is 2. The molecule has 27 heavy (non-hydrogen) atoms. The summed E-state index contributed by atoms with van der Waals surface area (Å²) < 4.78 is 0. The van der Waals surface area contributed by atoms with E-state index in [1.165, 1.54) is 0 Å². The van der Waals surface area contributed by atoms with Crippen molar-refractivity contribution in [3.63, 3.8) is 0 Å². The molecule has 0 radical (unpaired) electrons. The van der Waals surface area contributed by atoms with Crippen LogP contribution in [0.4, 0.5) is 5.69 Å². The molecular formula is C20H27N5O2. The molecule has 0 bridgehead atoms. The average Bonchev–Trinajstić information content (AvgIpc) is 3.11. The van der Waals surface area contributed by atoms with E-state index in [0.29, 0.717) is 0 Å². The fourth-order valence-corrected chi connectivity index (χ4v) is 4.51. The summed E-state index contributed by atoms with van der Waals surface area (Å²) in [7, 11) is 0. The van der Waals surface area contributed by atoms with Crippen molar-refractivity contribution in [3.8, 4) is 0 Å². The number of anilines is 1. The first-order chi connectivity index (χ1) is 13.1. The largest absolute Gasteiger partial charge is 0.325 e. The molecule has 2 N–H and O–H groups in total. The third-order valence-corrected chi connectivity index (χ3v) is 5.83. The van der Waals surface area contributed by atoms with Gasteiger partial charge in [-0.2, -0.15) is 5.10 Å². The van der Waals surface area contributed by atoms with Gasteiger partial charge >= 0.3 is 0 Å². The zero-order valence-electron chi connectivity index (χ0n) is 15.9. The third-order valence-electron chi connectivity index (χ3n) is 5.83. The molecule has 2 amide bonds. The second kappa shape index (κ2) is 7.21. The molecule has 7 nitrogen and oxygen atoms in total. The van der Waals surface area contributed by atoms with E-state index in [1.54, 1.807) is 4.90 Å². The van der Waals surface area contributed by atoms with E-state index >= 15 is 0 Å². The summed E-state index contributed by atoms with van der Waals surface area (Å²) in [6.07, 6.45) is 4.55. The number of hydrogen-bond donors (Lipinski definition) is 2. The Morgan fingerprint density at radius 2 is 1.93 bits per heavy atom. The molecule has 3 aliphatic rings. The number of nitrogens with one attached hydrogen (secondary N) is 2. The van der Waals surface area contributed by atoms with Crippen molar-refractivity contribution < 1.29 is 9.59 Å². The highest BCUT2D eigenvalue weighted by molar-refractivity contribution is 5.98. The summed E-state index contributed by atoms with van der Waals surface area (Å²) in [4.78, 5) is 29.7. The number of benzene rings is 1.